The molecule has 2 aromatic carbocycles. The molecule has 1 aliphatic rings. The first-order valence-electron chi connectivity index (χ1n) is 11.1. The number of carbonyl (C=O) groups is 1. The fourth-order valence-corrected chi connectivity index (χ4v) is 4.76. The van der Waals surface area contributed by atoms with Crippen molar-refractivity contribution in [2.75, 3.05) is 6.61 Å². The van der Waals surface area contributed by atoms with E-state index in [1.807, 2.05) is 6.92 Å². The summed E-state index contributed by atoms with van der Waals surface area (Å²) in [6.07, 6.45) is 2.52. The lowest BCUT2D eigenvalue weighted by atomic mass is 9.74. The third kappa shape index (κ3) is 6.12. The van der Waals surface area contributed by atoms with E-state index in [-0.39, 0.29) is 34.5 Å². The van der Waals surface area contributed by atoms with Crippen molar-refractivity contribution in [2.45, 2.75) is 57.7 Å². The van der Waals surface area contributed by atoms with E-state index >= 15 is 0 Å². The van der Waals surface area contributed by atoms with Crippen LogP contribution in [0.15, 0.2) is 48.6 Å². The van der Waals surface area contributed by atoms with Gasteiger partial charge in [0, 0.05) is 17.4 Å². The molecule has 0 bridgehead atoms. The molecule has 4 atom stereocenters. The molecule has 1 saturated heterocycles. The average molecular weight is 479 g/mol. The first kappa shape index (κ1) is 25.2. The van der Waals surface area contributed by atoms with Gasteiger partial charge in [-0.05, 0) is 49.6 Å². The van der Waals surface area contributed by atoms with Crippen molar-refractivity contribution in [3.05, 3.63) is 76.3 Å². The predicted octanol–water partition coefficient (Wildman–Crippen LogP) is 7.08. The van der Waals surface area contributed by atoms with E-state index in [2.05, 4.69) is 13.5 Å². The monoisotopic (exact) mass is 478 g/mol. The molecule has 0 aromatic heterocycles. The van der Waals surface area contributed by atoms with Crippen molar-refractivity contribution >= 4 is 17.6 Å². The predicted molar refractivity (Wildman–Crippen MR) is 124 cm³/mol. The zero-order valence-corrected chi connectivity index (χ0v) is 19.6. The van der Waals surface area contributed by atoms with E-state index in [0.29, 0.717) is 12.0 Å². The van der Waals surface area contributed by atoms with Crippen LogP contribution in [0.25, 0.3) is 0 Å². The van der Waals surface area contributed by atoms with Crippen molar-refractivity contribution in [2.24, 2.45) is 5.92 Å². The van der Waals surface area contributed by atoms with Gasteiger partial charge in [-0.15, -0.1) is 0 Å². The van der Waals surface area contributed by atoms with Crippen molar-refractivity contribution < 1.29 is 28.2 Å². The first-order valence-corrected chi connectivity index (χ1v) is 11.5. The summed E-state index contributed by atoms with van der Waals surface area (Å²) in [5, 5.41) is 9.05. The van der Waals surface area contributed by atoms with Crippen molar-refractivity contribution in [1.82, 2.24) is 0 Å². The maximum absolute atomic E-state index is 14.4. The van der Waals surface area contributed by atoms with Gasteiger partial charge in [0.1, 0.15) is 17.4 Å². The van der Waals surface area contributed by atoms with Gasteiger partial charge in [-0.1, -0.05) is 55.7 Å². The summed E-state index contributed by atoms with van der Waals surface area (Å²) in [6, 6.07) is 8.82. The molecule has 0 spiro atoms. The second-order valence-electron chi connectivity index (χ2n) is 8.57. The molecule has 0 saturated carbocycles. The van der Waals surface area contributed by atoms with Crippen LogP contribution in [0, 0.1) is 17.6 Å². The number of aliphatic carboxylic acids is 1. The van der Waals surface area contributed by atoms with Crippen LogP contribution in [-0.2, 0) is 9.53 Å². The quantitative estimate of drug-likeness (QED) is 0.391. The molecular weight excluding hydrogens is 450 g/mol. The molecule has 0 radical (unpaired) electrons. The standard InChI is InChI=1S/C26H29ClF2O4/c1-4-5-6-23-20(16-7-9-17(28)10-8-16)13-19(15(2)3)25(33-23)21-11-18(29)12-22(27)26(21)32-14-24(30)31/h7-12,19-20,23,25H,2,4-6,13-14H2,1,3H3,(H,30,31)/t19-,20-,23+,25+/m1/s1. The number of unbranched alkanes of at least 4 members (excludes halogenated alkanes) is 1. The zero-order chi connectivity index (χ0) is 24.1. The molecule has 1 aliphatic heterocycles. The molecule has 1 heterocycles. The van der Waals surface area contributed by atoms with Gasteiger partial charge in [-0.25, -0.2) is 13.6 Å². The highest BCUT2D eigenvalue weighted by Crippen LogP contribution is 2.50. The van der Waals surface area contributed by atoms with Crippen LogP contribution in [0.5, 0.6) is 5.75 Å². The molecule has 1 fully saturated rings. The van der Waals surface area contributed by atoms with Crippen LogP contribution >= 0.6 is 11.6 Å². The summed E-state index contributed by atoms with van der Waals surface area (Å²) in [5.74, 6) is -2.13. The lowest BCUT2D eigenvalue weighted by molar-refractivity contribution is -0.139. The molecule has 0 amide bonds. The summed E-state index contributed by atoms with van der Waals surface area (Å²) in [7, 11) is 0. The summed E-state index contributed by atoms with van der Waals surface area (Å²) < 4.78 is 40.0. The minimum atomic E-state index is -1.17. The average Bonchev–Trinajstić information content (AvgIpc) is 2.76. The molecule has 7 heteroatoms. The number of benzene rings is 2. The highest BCUT2D eigenvalue weighted by Gasteiger charge is 2.41. The Hall–Kier alpha value is -2.44. The fourth-order valence-electron chi connectivity index (χ4n) is 4.49. The second-order valence-corrected chi connectivity index (χ2v) is 8.98. The minimum Gasteiger partial charge on any atom is -0.480 e. The fraction of sp³-hybridized carbons (Fsp3) is 0.423. The van der Waals surface area contributed by atoms with Gasteiger partial charge >= 0.3 is 5.97 Å². The van der Waals surface area contributed by atoms with Gasteiger partial charge in [0.15, 0.2) is 6.61 Å². The maximum Gasteiger partial charge on any atom is 0.341 e. The number of hydrogen-bond acceptors (Lipinski definition) is 3. The number of halogens is 3. The number of carboxylic acids is 1. The first-order chi connectivity index (χ1) is 15.7. The van der Waals surface area contributed by atoms with Gasteiger partial charge in [0.05, 0.1) is 17.2 Å². The zero-order valence-electron chi connectivity index (χ0n) is 18.8. The molecule has 2 aromatic rings. The molecule has 4 nitrogen and oxygen atoms in total. The Kier molecular flexibility index (Phi) is 8.49. The maximum atomic E-state index is 14.4. The molecule has 33 heavy (non-hydrogen) atoms. The Balaban J connectivity index is 2.04. The SMILES string of the molecule is C=C(C)[C@H]1C[C@H](c2ccc(F)cc2)[C@H](CCCC)O[C@@H]1c1cc(F)cc(Cl)c1OCC(=O)O. The topological polar surface area (TPSA) is 55.8 Å². The van der Waals surface area contributed by atoms with Gasteiger partial charge in [0.25, 0.3) is 0 Å². The summed E-state index contributed by atoms with van der Waals surface area (Å²) in [5.41, 5.74) is 2.18. The second kappa shape index (κ2) is 11.1. The lowest BCUT2D eigenvalue weighted by Crippen LogP contribution is -2.36. The Morgan fingerprint density at radius 2 is 1.94 bits per heavy atom. The van der Waals surface area contributed by atoms with Crippen LogP contribution in [0.4, 0.5) is 8.78 Å². The van der Waals surface area contributed by atoms with Crippen LogP contribution in [0.2, 0.25) is 5.02 Å². The van der Waals surface area contributed by atoms with Crippen LogP contribution < -0.4 is 4.74 Å². The summed E-state index contributed by atoms with van der Waals surface area (Å²) in [4.78, 5) is 11.1. The highest BCUT2D eigenvalue weighted by atomic mass is 35.5. The molecule has 178 valence electrons. The number of rotatable bonds is 9. The Labute approximate surface area is 198 Å². The Morgan fingerprint density at radius 1 is 1.24 bits per heavy atom. The van der Waals surface area contributed by atoms with Crippen molar-refractivity contribution in [3.8, 4) is 5.75 Å². The highest BCUT2D eigenvalue weighted by molar-refractivity contribution is 6.32. The van der Waals surface area contributed by atoms with E-state index < -0.39 is 24.5 Å². The van der Waals surface area contributed by atoms with Crippen molar-refractivity contribution in [1.29, 1.82) is 0 Å². The molecule has 1 N–H and O–H groups in total. The van der Waals surface area contributed by atoms with E-state index in [1.165, 1.54) is 18.2 Å². The van der Waals surface area contributed by atoms with Crippen LogP contribution in [0.1, 0.15) is 62.7 Å². The van der Waals surface area contributed by atoms with E-state index in [1.54, 1.807) is 12.1 Å². The third-order valence-corrected chi connectivity index (χ3v) is 6.38. The normalized spacial score (nSPS) is 22.7. The van der Waals surface area contributed by atoms with Gasteiger partial charge in [-0.2, -0.15) is 0 Å². The van der Waals surface area contributed by atoms with Gasteiger partial charge < -0.3 is 14.6 Å². The smallest absolute Gasteiger partial charge is 0.341 e. The number of ether oxygens (including phenoxy) is 2. The van der Waals surface area contributed by atoms with Crippen LogP contribution in [-0.4, -0.2) is 23.8 Å². The lowest BCUT2D eigenvalue weighted by Gasteiger charge is -2.43. The summed E-state index contributed by atoms with van der Waals surface area (Å²) in [6.45, 7) is 7.49. The molecule has 0 unspecified atom stereocenters. The van der Waals surface area contributed by atoms with Gasteiger partial charge in [0.2, 0.25) is 0 Å². The van der Waals surface area contributed by atoms with Crippen LogP contribution in [0.3, 0.4) is 0 Å². The molecule has 0 aliphatic carbocycles. The Bertz CT molecular complexity index is 993. The summed E-state index contributed by atoms with van der Waals surface area (Å²) >= 11 is 6.25. The number of carboxylic acid groups (broad SMARTS) is 1. The Morgan fingerprint density at radius 3 is 2.55 bits per heavy atom. The molecule has 3 rings (SSSR count). The largest absolute Gasteiger partial charge is 0.480 e. The minimum absolute atomic E-state index is 0.00233. The molecular formula is C26H29ClF2O4. The van der Waals surface area contributed by atoms with E-state index in [4.69, 9.17) is 26.2 Å². The van der Waals surface area contributed by atoms with Crippen molar-refractivity contribution in [3.63, 3.8) is 0 Å². The van der Waals surface area contributed by atoms with Gasteiger partial charge in [-0.3, -0.25) is 0 Å². The van der Waals surface area contributed by atoms with E-state index in [9.17, 15) is 13.6 Å². The van der Waals surface area contributed by atoms with E-state index in [0.717, 1.165) is 36.5 Å². The number of hydrogen-bond donors (Lipinski definition) is 1. The third-order valence-electron chi connectivity index (χ3n) is 6.10.